The highest BCUT2D eigenvalue weighted by atomic mass is 32.2. The zero-order valence-corrected chi connectivity index (χ0v) is 10.7. The van der Waals surface area contributed by atoms with Crippen LogP contribution in [-0.2, 0) is 10.0 Å². The van der Waals surface area contributed by atoms with Crippen LogP contribution in [0.5, 0.6) is 0 Å². The van der Waals surface area contributed by atoms with Crippen LogP contribution in [0.2, 0.25) is 0 Å². The van der Waals surface area contributed by atoms with Crippen LogP contribution in [0.15, 0.2) is 29.2 Å². The summed E-state index contributed by atoms with van der Waals surface area (Å²) in [5, 5.41) is 0. The lowest BCUT2D eigenvalue weighted by Gasteiger charge is -2.07. The largest absolute Gasteiger partial charge is 0.243 e. The van der Waals surface area contributed by atoms with Gasteiger partial charge < -0.3 is 0 Å². The van der Waals surface area contributed by atoms with Gasteiger partial charge in [-0.2, -0.15) is 4.31 Å². The second-order valence-corrected chi connectivity index (χ2v) is 6.70. The second-order valence-electron chi connectivity index (χ2n) is 4.81. The van der Waals surface area contributed by atoms with Gasteiger partial charge >= 0.3 is 0 Å². The normalized spacial score (nSPS) is 24.0. The summed E-state index contributed by atoms with van der Waals surface area (Å²) in [6.07, 6.45) is 0.875. The van der Waals surface area contributed by atoms with Crippen molar-refractivity contribution in [3.8, 4) is 0 Å². The molecule has 0 saturated carbocycles. The number of hydrogen-bond acceptors (Lipinski definition) is 2. The first kappa shape index (κ1) is 12.5. The van der Waals surface area contributed by atoms with Crippen molar-refractivity contribution >= 4 is 10.0 Å². The summed E-state index contributed by atoms with van der Waals surface area (Å²) in [7, 11) is -3.41. The van der Waals surface area contributed by atoms with E-state index in [0.717, 1.165) is 6.42 Å². The number of benzene rings is 1. The third-order valence-electron chi connectivity index (χ3n) is 2.83. The molecule has 0 aliphatic carbocycles. The Morgan fingerprint density at radius 1 is 1.35 bits per heavy atom. The maximum atomic E-state index is 12.7. The summed E-state index contributed by atoms with van der Waals surface area (Å²) in [5.41, 5.74) is 0. The molecule has 2 atom stereocenters. The fourth-order valence-electron chi connectivity index (χ4n) is 1.93. The van der Waals surface area contributed by atoms with Crippen molar-refractivity contribution < 1.29 is 12.8 Å². The Bertz CT molecular complexity index is 496. The third-order valence-corrected chi connectivity index (χ3v) is 4.76. The molecule has 5 heteroatoms. The Hall–Kier alpha value is -0.940. The average Bonchev–Trinajstić information content (AvgIpc) is 2.97. The highest BCUT2D eigenvalue weighted by Crippen LogP contribution is 2.32. The molecule has 0 radical (unpaired) electrons. The van der Waals surface area contributed by atoms with Crippen molar-refractivity contribution in [3.05, 3.63) is 30.1 Å². The molecule has 1 aliphatic rings. The van der Waals surface area contributed by atoms with Crippen LogP contribution in [0.25, 0.3) is 0 Å². The van der Waals surface area contributed by atoms with Crippen molar-refractivity contribution in [2.75, 3.05) is 6.54 Å². The lowest BCUT2D eigenvalue weighted by atomic mass is 10.1. The molecule has 0 N–H and O–H groups in total. The van der Waals surface area contributed by atoms with E-state index in [-0.39, 0.29) is 10.9 Å². The van der Waals surface area contributed by atoms with Crippen molar-refractivity contribution in [1.82, 2.24) is 4.31 Å². The molecule has 3 nitrogen and oxygen atoms in total. The van der Waals surface area contributed by atoms with Gasteiger partial charge in [-0.25, -0.2) is 12.8 Å². The van der Waals surface area contributed by atoms with E-state index in [4.69, 9.17) is 0 Å². The van der Waals surface area contributed by atoms with E-state index in [1.165, 1.54) is 28.6 Å². The molecule has 1 saturated heterocycles. The highest BCUT2D eigenvalue weighted by molar-refractivity contribution is 7.89. The van der Waals surface area contributed by atoms with E-state index in [1.54, 1.807) is 0 Å². The Morgan fingerprint density at radius 2 is 1.94 bits per heavy atom. The van der Waals surface area contributed by atoms with Gasteiger partial charge in [0.2, 0.25) is 10.0 Å². The fourth-order valence-corrected chi connectivity index (χ4v) is 3.53. The molecule has 94 valence electrons. The van der Waals surface area contributed by atoms with Crippen molar-refractivity contribution in [2.24, 2.45) is 5.92 Å². The van der Waals surface area contributed by atoms with Crippen molar-refractivity contribution in [3.63, 3.8) is 0 Å². The van der Waals surface area contributed by atoms with Gasteiger partial charge in [0.05, 0.1) is 4.90 Å². The minimum Gasteiger partial charge on any atom is -0.207 e. The molecule has 2 unspecified atom stereocenters. The molecule has 2 rings (SSSR count). The van der Waals surface area contributed by atoms with Gasteiger partial charge in [0.25, 0.3) is 0 Å². The zero-order chi connectivity index (χ0) is 12.6. The number of nitrogens with zero attached hydrogens (tertiary/aromatic N) is 1. The lowest BCUT2D eigenvalue weighted by Crippen LogP contribution is -2.15. The molecular weight excluding hydrogens is 241 g/mol. The van der Waals surface area contributed by atoms with Gasteiger partial charge in [-0.3, -0.25) is 0 Å². The minimum absolute atomic E-state index is 0.116. The molecule has 0 bridgehead atoms. The Morgan fingerprint density at radius 3 is 2.47 bits per heavy atom. The van der Waals surface area contributed by atoms with Gasteiger partial charge in [-0.15, -0.1) is 0 Å². The first-order valence-electron chi connectivity index (χ1n) is 5.68. The smallest absolute Gasteiger partial charge is 0.207 e. The quantitative estimate of drug-likeness (QED) is 0.776. The summed E-state index contributed by atoms with van der Waals surface area (Å²) >= 11 is 0. The summed E-state index contributed by atoms with van der Waals surface area (Å²) in [6, 6.07) is 5.09. The van der Waals surface area contributed by atoms with E-state index in [0.29, 0.717) is 12.5 Å². The number of rotatable bonds is 4. The Balaban J connectivity index is 2.13. The molecule has 0 amide bonds. The number of hydrogen-bond donors (Lipinski definition) is 0. The van der Waals surface area contributed by atoms with Crippen LogP contribution >= 0.6 is 0 Å². The topological polar surface area (TPSA) is 37.1 Å². The van der Waals surface area contributed by atoms with E-state index in [1.807, 2.05) is 0 Å². The summed E-state index contributed by atoms with van der Waals surface area (Å²) in [4.78, 5) is 0.171. The predicted molar refractivity (Wildman–Crippen MR) is 63.5 cm³/mol. The number of halogens is 1. The van der Waals surface area contributed by atoms with E-state index in [9.17, 15) is 12.8 Å². The highest BCUT2D eigenvalue weighted by Gasteiger charge is 2.44. The van der Waals surface area contributed by atoms with Crippen molar-refractivity contribution in [2.45, 2.75) is 31.2 Å². The lowest BCUT2D eigenvalue weighted by molar-refractivity contribution is 0.515. The van der Waals surface area contributed by atoms with Crippen LogP contribution < -0.4 is 0 Å². The molecule has 1 aromatic rings. The van der Waals surface area contributed by atoms with E-state index >= 15 is 0 Å². The molecule has 1 fully saturated rings. The second kappa shape index (κ2) is 4.38. The van der Waals surface area contributed by atoms with Gasteiger partial charge in [0, 0.05) is 12.6 Å². The van der Waals surface area contributed by atoms with Crippen molar-refractivity contribution in [1.29, 1.82) is 0 Å². The standard InChI is InChI=1S/C12H16FNO2S/c1-9(2)7-11-8-14(11)17(15,16)12-5-3-10(13)4-6-12/h3-6,9,11H,7-8H2,1-2H3. The minimum atomic E-state index is -3.41. The predicted octanol–water partition coefficient (Wildman–Crippen LogP) is 2.24. The SMILES string of the molecule is CC(C)CC1CN1S(=O)(=O)c1ccc(F)cc1. The third kappa shape index (κ3) is 2.66. The van der Waals surface area contributed by atoms with Crippen LogP contribution in [-0.4, -0.2) is 25.3 Å². The Labute approximate surface area is 101 Å². The van der Waals surface area contributed by atoms with Gasteiger partial charge in [-0.1, -0.05) is 13.8 Å². The van der Waals surface area contributed by atoms with Gasteiger partial charge in [-0.05, 0) is 36.6 Å². The van der Waals surface area contributed by atoms with E-state index in [2.05, 4.69) is 13.8 Å². The Kier molecular flexibility index (Phi) is 3.23. The van der Waals surface area contributed by atoms with E-state index < -0.39 is 15.8 Å². The molecule has 17 heavy (non-hydrogen) atoms. The maximum Gasteiger partial charge on any atom is 0.243 e. The molecule has 1 heterocycles. The van der Waals surface area contributed by atoms with Gasteiger partial charge in [0.1, 0.15) is 5.82 Å². The molecule has 1 aliphatic heterocycles. The summed E-state index contributed by atoms with van der Waals surface area (Å²) in [6.45, 7) is 4.72. The number of sulfonamides is 1. The summed E-state index contributed by atoms with van der Waals surface area (Å²) in [5.74, 6) is 0.0573. The van der Waals surface area contributed by atoms with Crippen LogP contribution in [0.4, 0.5) is 4.39 Å². The van der Waals surface area contributed by atoms with Crippen LogP contribution in [0.3, 0.4) is 0 Å². The maximum absolute atomic E-state index is 12.7. The zero-order valence-electron chi connectivity index (χ0n) is 9.93. The van der Waals surface area contributed by atoms with Crippen LogP contribution in [0, 0.1) is 11.7 Å². The first-order valence-corrected chi connectivity index (χ1v) is 7.12. The molecule has 0 spiro atoms. The monoisotopic (exact) mass is 257 g/mol. The average molecular weight is 257 g/mol. The molecule has 0 aromatic heterocycles. The van der Waals surface area contributed by atoms with Crippen LogP contribution in [0.1, 0.15) is 20.3 Å². The summed E-state index contributed by atoms with van der Waals surface area (Å²) < 4.78 is 38.4. The first-order chi connectivity index (χ1) is 7.91. The fraction of sp³-hybridized carbons (Fsp3) is 0.500. The van der Waals surface area contributed by atoms with Gasteiger partial charge in [0.15, 0.2) is 0 Å². The molecular formula is C12H16FNO2S. The molecule has 1 aromatic carbocycles.